The molecule has 9 heteroatoms. The fourth-order valence-electron chi connectivity index (χ4n) is 2.71. The Bertz CT molecular complexity index is 764. The van der Waals surface area contributed by atoms with Gasteiger partial charge in [-0.25, -0.2) is 4.68 Å². The number of nitrogens with zero attached hydrogens (tertiary/aromatic N) is 2. The summed E-state index contributed by atoms with van der Waals surface area (Å²) in [6.07, 6.45) is -4.06. The van der Waals surface area contributed by atoms with Gasteiger partial charge in [-0.1, -0.05) is 20.8 Å². The van der Waals surface area contributed by atoms with E-state index in [0.717, 1.165) is 18.3 Å². The highest BCUT2D eigenvalue weighted by Crippen LogP contribution is 2.36. The highest BCUT2D eigenvalue weighted by Gasteiger charge is 2.41. The molecule has 0 radical (unpaired) electrons. The van der Waals surface area contributed by atoms with Gasteiger partial charge in [0, 0.05) is 11.9 Å². The van der Waals surface area contributed by atoms with Gasteiger partial charge >= 0.3 is 6.18 Å². The maximum absolute atomic E-state index is 14.0. The molecule has 138 valence electrons. The Labute approximate surface area is 146 Å². The van der Waals surface area contributed by atoms with Gasteiger partial charge in [-0.2, -0.15) is 22.7 Å². The molecule has 4 nitrogen and oxygen atoms in total. The fourth-order valence-corrected chi connectivity index (χ4v) is 3.63. The van der Waals surface area contributed by atoms with Crippen molar-refractivity contribution in [2.45, 2.75) is 39.3 Å². The van der Waals surface area contributed by atoms with Gasteiger partial charge in [0.15, 0.2) is 5.69 Å². The smallest absolute Gasteiger partial charge is 0.321 e. The predicted octanol–water partition coefficient (Wildman–Crippen LogP) is 5.04. The van der Waals surface area contributed by atoms with Crippen LogP contribution >= 0.6 is 11.3 Å². The Morgan fingerprint density at radius 2 is 2.00 bits per heavy atom. The van der Waals surface area contributed by atoms with E-state index < -0.39 is 29.3 Å². The van der Waals surface area contributed by atoms with E-state index in [2.05, 4.69) is 24.3 Å². The van der Waals surface area contributed by atoms with E-state index in [1.165, 1.54) is 11.3 Å². The van der Waals surface area contributed by atoms with Crippen LogP contribution in [0.15, 0.2) is 11.4 Å². The Morgan fingerprint density at radius 1 is 1.36 bits per heavy atom. The lowest BCUT2D eigenvalue weighted by atomic mass is 9.97. The molecule has 1 N–H and O–H groups in total. The quantitative estimate of drug-likeness (QED) is 0.742. The van der Waals surface area contributed by atoms with Crippen LogP contribution in [0.1, 0.15) is 54.0 Å². The normalized spacial score (nSPS) is 13.3. The zero-order chi connectivity index (χ0) is 18.9. The molecule has 0 spiro atoms. The molecule has 0 bridgehead atoms. The lowest BCUT2D eigenvalue weighted by Crippen LogP contribution is -2.19. The Morgan fingerprint density at radius 3 is 2.56 bits per heavy atom. The van der Waals surface area contributed by atoms with Crippen molar-refractivity contribution >= 4 is 22.9 Å². The third-order valence-corrected chi connectivity index (χ3v) is 4.84. The van der Waals surface area contributed by atoms with E-state index in [1.54, 1.807) is 11.4 Å². The molecule has 0 fully saturated rings. The lowest BCUT2D eigenvalue weighted by Gasteiger charge is -2.15. The second-order valence-corrected chi connectivity index (χ2v) is 7.27. The monoisotopic (exact) mass is 377 g/mol. The van der Waals surface area contributed by atoms with Crippen LogP contribution in [0.25, 0.3) is 0 Å². The number of aromatic nitrogens is 2. The number of thiophene rings is 1. The second-order valence-electron chi connectivity index (χ2n) is 6.32. The van der Waals surface area contributed by atoms with Crippen LogP contribution in [0.5, 0.6) is 0 Å². The van der Waals surface area contributed by atoms with Crippen LogP contribution in [0, 0.1) is 11.9 Å². The van der Waals surface area contributed by atoms with Gasteiger partial charge in [0.05, 0.1) is 5.69 Å². The molecule has 0 aliphatic rings. The topological polar surface area (TPSA) is 46.9 Å². The Kier molecular flexibility index (Phi) is 5.55. The molecule has 1 unspecified atom stereocenters. The van der Waals surface area contributed by atoms with E-state index in [9.17, 15) is 22.4 Å². The van der Waals surface area contributed by atoms with Crippen LogP contribution in [0.3, 0.4) is 0 Å². The van der Waals surface area contributed by atoms with E-state index in [0.29, 0.717) is 16.3 Å². The standard InChI is InChI=1S/C16H19F4N3OS/c1-8(2)7-9(3)12-10(5-6-25-12)21-15(24)11-13(16(18,19)20)22-23(4)14(11)17/h5-6,8-9H,7H2,1-4H3,(H,21,24). The third kappa shape index (κ3) is 4.20. The number of aryl methyl sites for hydroxylation is 1. The van der Waals surface area contributed by atoms with E-state index in [-0.39, 0.29) is 5.92 Å². The van der Waals surface area contributed by atoms with Crippen LogP contribution in [0.4, 0.5) is 23.2 Å². The summed E-state index contributed by atoms with van der Waals surface area (Å²) < 4.78 is 53.4. The molecule has 0 saturated carbocycles. The average molecular weight is 377 g/mol. The number of hydrogen-bond acceptors (Lipinski definition) is 3. The molecule has 2 aromatic rings. The van der Waals surface area contributed by atoms with Crippen molar-refractivity contribution in [1.29, 1.82) is 0 Å². The lowest BCUT2D eigenvalue weighted by molar-refractivity contribution is -0.141. The van der Waals surface area contributed by atoms with Crippen molar-refractivity contribution in [1.82, 2.24) is 9.78 Å². The van der Waals surface area contributed by atoms with Crippen LogP contribution in [-0.4, -0.2) is 15.7 Å². The molecule has 2 heterocycles. The minimum absolute atomic E-state index is 0.121. The van der Waals surface area contributed by atoms with Crippen molar-refractivity contribution < 1.29 is 22.4 Å². The van der Waals surface area contributed by atoms with Gasteiger partial charge < -0.3 is 5.32 Å². The van der Waals surface area contributed by atoms with Gasteiger partial charge in [0.1, 0.15) is 5.56 Å². The fraction of sp³-hybridized carbons (Fsp3) is 0.500. The first-order valence-corrected chi connectivity index (χ1v) is 8.58. The summed E-state index contributed by atoms with van der Waals surface area (Å²) in [5.41, 5.74) is -2.22. The zero-order valence-corrected chi connectivity index (χ0v) is 15.1. The third-order valence-electron chi connectivity index (χ3n) is 3.69. The number of hydrogen-bond donors (Lipinski definition) is 1. The first-order valence-electron chi connectivity index (χ1n) is 7.70. The Hall–Kier alpha value is -1.90. The summed E-state index contributed by atoms with van der Waals surface area (Å²) in [5.74, 6) is -1.93. The van der Waals surface area contributed by atoms with Crippen molar-refractivity contribution in [3.8, 4) is 0 Å². The van der Waals surface area contributed by atoms with Crippen molar-refractivity contribution in [2.75, 3.05) is 5.32 Å². The number of halogens is 4. The number of carbonyl (C=O) groups excluding carboxylic acids is 1. The number of amides is 1. The Balaban J connectivity index is 2.32. The molecule has 1 atom stereocenters. The number of rotatable bonds is 5. The van der Waals surface area contributed by atoms with Gasteiger partial charge in [-0.15, -0.1) is 11.3 Å². The van der Waals surface area contributed by atoms with Crippen LogP contribution < -0.4 is 5.32 Å². The number of alkyl halides is 3. The maximum Gasteiger partial charge on any atom is 0.436 e. The molecule has 0 aliphatic carbocycles. The molecule has 0 aliphatic heterocycles. The van der Waals surface area contributed by atoms with Crippen LogP contribution in [-0.2, 0) is 13.2 Å². The van der Waals surface area contributed by atoms with E-state index in [1.807, 2.05) is 6.92 Å². The minimum atomic E-state index is -4.92. The number of carbonyl (C=O) groups is 1. The summed E-state index contributed by atoms with van der Waals surface area (Å²) in [6.45, 7) is 6.10. The largest absolute Gasteiger partial charge is 0.436 e. The molecular weight excluding hydrogens is 358 g/mol. The minimum Gasteiger partial charge on any atom is -0.321 e. The molecule has 2 aromatic heterocycles. The molecule has 0 aromatic carbocycles. The summed E-state index contributed by atoms with van der Waals surface area (Å²) in [7, 11) is 1.02. The van der Waals surface area contributed by atoms with Crippen LogP contribution in [0.2, 0.25) is 0 Å². The highest BCUT2D eigenvalue weighted by molar-refractivity contribution is 7.10. The summed E-state index contributed by atoms with van der Waals surface area (Å²) in [5, 5.41) is 7.24. The number of nitrogens with one attached hydrogen (secondary N) is 1. The van der Waals surface area contributed by atoms with Crippen molar-refractivity contribution in [3.05, 3.63) is 33.5 Å². The summed E-state index contributed by atoms with van der Waals surface area (Å²) in [6, 6.07) is 1.61. The van der Waals surface area contributed by atoms with E-state index in [4.69, 9.17) is 0 Å². The molecular formula is C16H19F4N3OS. The number of anilines is 1. The SMILES string of the molecule is CC(C)CC(C)c1sccc1NC(=O)c1c(C(F)(F)F)nn(C)c1F. The van der Waals surface area contributed by atoms with Gasteiger partial charge in [0.2, 0.25) is 5.95 Å². The van der Waals surface area contributed by atoms with Gasteiger partial charge in [0.25, 0.3) is 5.91 Å². The molecule has 2 rings (SSSR count). The summed E-state index contributed by atoms with van der Waals surface area (Å²) in [4.78, 5) is 13.2. The molecule has 25 heavy (non-hydrogen) atoms. The first-order chi connectivity index (χ1) is 11.5. The summed E-state index contributed by atoms with van der Waals surface area (Å²) >= 11 is 1.40. The van der Waals surface area contributed by atoms with Crippen molar-refractivity contribution in [2.24, 2.45) is 13.0 Å². The van der Waals surface area contributed by atoms with Gasteiger partial charge in [-0.3, -0.25) is 4.79 Å². The van der Waals surface area contributed by atoms with Gasteiger partial charge in [-0.05, 0) is 29.7 Å². The first kappa shape index (κ1) is 19.4. The molecule has 1 amide bonds. The maximum atomic E-state index is 14.0. The molecule has 0 saturated heterocycles. The average Bonchev–Trinajstić information content (AvgIpc) is 3.03. The predicted molar refractivity (Wildman–Crippen MR) is 88.3 cm³/mol. The second kappa shape index (κ2) is 7.15. The zero-order valence-electron chi connectivity index (χ0n) is 14.2. The highest BCUT2D eigenvalue weighted by atomic mass is 32.1. The van der Waals surface area contributed by atoms with E-state index >= 15 is 0 Å². The van der Waals surface area contributed by atoms with Crippen molar-refractivity contribution in [3.63, 3.8) is 0 Å².